The van der Waals surface area contributed by atoms with Crippen LogP contribution in [0.4, 0.5) is 13.2 Å². The van der Waals surface area contributed by atoms with Crippen molar-refractivity contribution in [2.45, 2.75) is 13.1 Å². The summed E-state index contributed by atoms with van der Waals surface area (Å²) >= 11 is 8.12. The third-order valence-electron chi connectivity index (χ3n) is 2.33. The zero-order valence-corrected chi connectivity index (χ0v) is 11.6. The molecule has 0 saturated heterocycles. The van der Waals surface area contributed by atoms with Gasteiger partial charge >= 0.3 is 6.18 Å². The first-order valence-corrected chi connectivity index (χ1v) is 6.14. The van der Waals surface area contributed by atoms with Crippen molar-refractivity contribution >= 4 is 28.1 Å². The number of alkyl halides is 3. The summed E-state index contributed by atoms with van der Waals surface area (Å²) in [5.74, 6) is 0. The van der Waals surface area contributed by atoms with Crippen LogP contribution in [0.2, 0.25) is 0 Å². The smallest absolute Gasteiger partial charge is 0.335 e. The molecule has 0 amide bonds. The summed E-state index contributed by atoms with van der Waals surface area (Å²) in [6, 6.07) is 3.68. The van der Waals surface area contributed by atoms with E-state index in [0.29, 0.717) is 14.9 Å². The number of benzene rings is 1. The second kappa shape index (κ2) is 4.55. The Kier molecular flexibility index (Phi) is 3.37. The number of nitrogens with zero attached hydrogens (tertiary/aromatic N) is 1. The van der Waals surface area contributed by atoms with Crippen LogP contribution in [0.5, 0.6) is 0 Å². The topological polar surface area (TPSA) is 20.7 Å². The van der Waals surface area contributed by atoms with Crippen molar-refractivity contribution in [2.75, 3.05) is 0 Å². The Balaban J connectivity index is 2.62. The van der Waals surface area contributed by atoms with Crippen LogP contribution in [0.3, 0.4) is 0 Å². The lowest BCUT2D eigenvalue weighted by Gasteiger charge is -2.10. The molecule has 2 aromatic rings. The Bertz CT molecular complexity index is 642. The Morgan fingerprint density at radius 1 is 1.28 bits per heavy atom. The fraction of sp³-hybridized carbons (Fsp3) is 0.182. The lowest BCUT2D eigenvalue weighted by molar-refractivity contribution is -0.137. The summed E-state index contributed by atoms with van der Waals surface area (Å²) in [5.41, 5.74) is 0.437. The van der Waals surface area contributed by atoms with Crippen molar-refractivity contribution in [2.24, 2.45) is 0 Å². The lowest BCUT2D eigenvalue weighted by Crippen LogP contribution is -2.06. The quantitative estimate of drug-likeness (QED) is 0.753. The Hall–Kier alpha value is -1.08. The van der Waals surface area contributed by atoms with E-state index in [1.807, 2.05) is 0 Å². The zero-order chi connectivity index (χ0) is 13.5. The van der Waals surface area contributed by atoms with Gasteiger partial charge in [-0.3, -0.25) is 4.57 Å². The first kappa shape index (κ1) is 13.4. The predicted molar refractivity (Wildman–Crippen MR) is 68.4 cm³/mol. The monoisotopic (exact) mass is 336 g/mol. The number of imidazole rings is 1. The van der Waals surface area contributed by atoms with Crippen molar-refractivity contribution in [1.82, 2.24) is 9.55 Å². The highest BCUT2D eigenvalue weighted by atomic mass is 79.9. The molecule has 18 heavy (non-hydrogen) atoms. The minimum absolute atomic E-state index is 0.355. The molecule has 0 fully saturated rings. The molecule has 1 aromatic heterocycles. The van der Waals surface area contributed by atoms with E-state index in [0.717, 1.165) is 17.8 Å². The van der Waals surface area contributed by atoms with E-state index < -0.39 is 11.7 Å². The van der Waals surface area contributed by atoms with E-state index in [4.69, 9.17) is 12.2 Å². The highest BCUT2D eigenvalue weighted by Crippen LogP contribution is 2.33. The van der Waals surface area contributed by atoms with Gasteiger partial charge in [0.2, 0.25) is 0 Å². The molecule has 7 heteroatoms. The van der Waals surface area contributed by atoms with Crippen molar-refractivity contribution in [3.63, 3.8) is 0 Å². The third-order valence-corrected chi connectivity index (χ3v) is 3.09. The predicted octanol–water partition coefficient (Wildman–Crippen LogP) is 4.62. The summed E-state index contributed by atoms with van der Waals surface area (Å²) in [6.07, 6.45) is -2.73. The lowest BCUT2D eigenvalue weighted by atomic mass is 10.2. The van der Waals surface area contributed by atoms with Gasteiger partial charge in [0.1, 0.15) is 0 Å². The van der Waals surface area contributed by atoms with Crippen LogP contribution >= 0.6 is 28.1 Å². The number of aryl methyl sites for hydroxylation is 1. The minimum atomic E-state index is -4.38. The molecule has 0 aliphatic heterocycles. The SMILES string of the molecule is Cc1cn(-c2cc(Br)cc(C(F)(F)F)c2)c(=S)[nH]1. The van der Waals surface area contributed by atoms with Gasteiger partial charge in [0, 0.05) is 22.1 Å². The second-order valence-electron chi connectivity index (χ2n) is 3.81. The maximum atomic E-state index is 12.7. The van der Waals surface area contributed by atoms with Crippen LogP contribution in [-0.4, -0.2) is 9.55 Å². The molecule has 2 rings (SSSR count). The van der Waals surface area contributed by atoms with Crippen molar-refractivity contribution in [3.8, 4) is 5.69 Å². The standard InChI is InChI=1S/C11H8BrF3N2S/c1-6-5-17(10(18)16-6)9-3-7(11(13,14)15)2-8(12)4-9/h2-5H,1H3,(H,16,18). The fourth-order valence-electron chi connectivity index (χ4n) is 1.58. The van der Waals surface area contributed by atoms with E-state index in [9.17, 15) is 13.2 Å². The van der Waals surface area contributed by atoms with Crippen LogP contribution in [0, 0.1) is 11.7 Å². The highest BCUT2D eigenvalue weighted by molar-refractivity contribution is 9.10. The Labute approximate surface area is 115 Å². The van der Waals surface area contributed by atoms with Gasteiger partial charge < -0.3 is 4.98 Å². The normalized spacial score (nSPS) is 11.8. The maximum Gasteiger partial charge on any atom is 0.416 e. The number of aromatic nitrogens is 2. The molecule has 0 atom stereocenters. The van der Waals surface area contributed by atoms with Gasteiger partial charge in [0.15, 0.2) is 4.77 Å². The summed E-state index contributed by atoms with van der Waals surface area (Å²) in [6.45, 7) is 1.79. The van der Waals surface area contributed by atoms with Gasteiger partial charge in [-0.05, 0) is 37.3 Å². The third kappa shape index (κ3) is 2.67. The second-order valence-corrected chi connectivity index (χ2v) is 5.11. The molecule has 0 aliphatic rings. The van der Waals surface area contributed by atoms with Crippen LogP contribution in [0.1, 0.15) is 11.3 Å². The summed E-state index contributed by atoms with van der Waals surface area (Å²) in [5, 5.41) is 0. The number of H-pyrrole nitrogens is 1. The Morgan fingerprint density at radius 3 is 2.44 bits per heavy atom. The highest BCUT2D eigenvalue weighted by Gasteiger charge is 2.31. The summed E-state index contributed by atoms with van der Waals surface area (Å²) < 4.78 is 40.3. The van der Waals surface area contributed by atoms with E-state index in [-0.39, 0.29) is 0 Å². The summed E-state index contributed by atoms with van der Waals surface area (Å²) in [4.78, 5) is 2.86. The van der Waals surface area contributed by atoms with Crippen molar-refractivity contribution in [3.05, 3.63) is 44.9 Å². The van der Waals surface area contributed by atoms with Crippen LogP contribution < -0.4 is 0 Å². The van der Waals surface area contributed by atoms with Gasteiger partial charge in [-0.25, -0.2) is 0 Å². The van der Waals surface area contributed by atoms with Crippen molar-refractivity contribution < 1.29 is 13.2 Å². The molecule has 0 radical (unpaired) electrons. The molecular formula is C11H8BrF3N2S. The van der Waals surface area contributed by atoms with E-state index in [1.54, 1.807) is 19.2 Å². The largest absolute Gasteiger partial charge is 0.416 e. The van der Waals surface area contributed by atoms with Gasteiger partial charge in [-0.1, -0.05) is 15.9 Å². The molecule has 0 unspecified atom stereocenters. The molecule has 0 spiro atoms. The summed E-state index contributed by atoms with van der Waals surface area (Å²) in [7, 11) is 0. The van der Waals surface area contributed by atoms with Gasteiger partial charge in [0.25, 0.3) is 0 Å². The number of aromatic amines is 1. The number of hydrogen-bond acceptors (Lipinski definition) is 1. The van der Waals surface area contributed by atoms with E-state index >= 15 is 0 Å². The zero-order valence-electron chi connectivity index (χ0n) is 9.18. The fourth-order valence-corrected chi connectivity index (χ4v) is 2.38. The van der Waals surface area contributed by atoms with E-state index in [2.05, 4.69) is 20.9 Å². The molecule has 2 nitrogen and oxygen atoms in total. The molecule has 96 valence electrons. The number of halogens is 4. The average Bonchev–Trinajstić information content (AvgIpc) is 2.55. The van der Waals surface area contributed by atoms with Crippen molar-refractivity contribution in [1.29, 1.82) is 0 Å². The van der Waals surface area contributed by atoms with Gasteiger partial charge in [-0.15, -0.1) is 0 Å². The van der Waals surface area contributed by atoms with Crippen LogP contribution in [0.15, 0.2) is 28.9 Å². The Morgan fingerprint density at radius 2 is 1.94 bits per heavy atom. The first-order chi connectivity index (χ1) is 8.27. The van der Waals surface area contributed by atoms with Crippen LogP contribution in [-0.2, 0) is 6.18 Å². The van der Waals surface area contributed by atoms with Gasteiger partial charge in [0.05, 0.1) is 5.56 Å². The molecule has 1 N–H and O–H groups in total. The molecule has 1 heterocycles. The molecular weight excluding hydrogens is 329 g/mol. The minimum Gasteiger partial charge on any atom is -0.335 e. The first-order valence-electron chi connectivity index (χ1n) is 4.94. The van der Waals surface area contributed by atoms with Gasteiger partial charge in [-0.2, -0.15) is 13.2 Å². The average molecular weight is 337 g/mol. The van der Waals surface area contributed by atoms with E-state index in [1.165, 1.54) is 4.57 Å². The molecule has 0 aliphatic carbocycles. The molecule has 1 aromatic carbocycles. The number of rotatable bonds is 1. The number of nitrogens with one attached hydrogen (secondary N) is 1. The van der Waals surface area contributed by atoms with Crippen LogP contribution in [0.25, 0.3) is 5.69 Å². The molecule has 0 bridgehead atoms. The number of hydrogen-bond donors (Lipinski definition) is 1. The molecule has 0 saturated carbocycles. The maximum absolute atomic E-state index is 12.7.